The monoisotopic (exact) mass is 424 g/mol. The first kappa shape index (κ1) is 20.1. The Hall–Kier alpha value is -2.21. The highest BCUT2D eigenvalue weighted by Gasteiger charge is 2.42. The van der Waals surface area contributed by atoms with Gasteiger partial charge in [0.25, 0.3) is 6.47 Å². The van der Waals surface area contributed by atoms with Crippen molar-refractivity contribution in [3.63, 3.8) is 0 Å². The molecular formula is C22H20ClF3O3. The van der Waals surface area contributed by atoms with Gasteiger partial charge in [-0.05, 0) is 67.9 Å². The maximum Gasteiger partial charge on any atom is 0.416 e. The first-order chi connectivity index (χ1) is 13.8. The summed E-state index contributed by atoms with van der Waals surface area (Å²) in [6, 6.07) is 8.40. The Labute approximate surface area is 171 Å². The van der Waals surface area contributed by atoms with Crippen LogP contribution in [-0.4, -0.2) is 13.1 Å². The number of halogens is 4. The van der Waals surface area contributed by atoms with Crippen LogP contribution >= 0.6 is 11.6 Å². The molecule has 2 fully saturated rings. The first-order valence-electron chi connectivity index (χ1n) is 9.58. The Morgan fingerprint density at radius 2 is 1.83 bits per heavy atom. The summed E-state index contributed by atoms with van der Waals surface area (Å²) >= 11 is 6.57. The zero-order valence-electron chi connectivity index (χ0n) is 15.6. The summed E-state index contributed by atoms with van der Waals surface area (Å²) in [6.07, 6.45) is 0.126. The third-order valence-corrected chi connectivity index (χ3v) is 5.99. The van der Waals surface area contributed by atoms with Crippen LogP contribution in [0.1, 0.15) is 43.2 Å². The van der Waals surface area contributed by atoms with Crippen molar-refractivity contribution in [3.8, 4) is 16.9 Å². The molecule has 0 saturated heterocycles. The van der Waals surface area contributed by atoms with E-state index in [-0.39, 0.29) is 0 Å². The molecule has 2 aromatic carbocycles. The number of benzene rings is 2. The molecule has 0 atom stereocenters. The minimum atomic E-state index is -4.40. The lowest BCUT2D eigenvalue weighted by Gasteiger charge is -2.40. The van der Waals surface area contributed by atoms with E-state index in [1.54, 1.807) is 6.07 Å². The van der Waals surface area contributed by atoms with Gasteiger partial charge >= 0.3 is 6.18 Å². The van der Waals surface area contributed by atoms with Crippen molar-refractivity contribution in [2.45, 2.75) is 43.9 Å². The molecule has 2 aliphatic rings. The molecule has 0 N–H and O–H groups in total. The summed E-state index contributed by atoms with van der Waals surface area (Å²) < 4.78 is 50.1. The van der Waals surface area contributed by atoms with Gasteiger partial charge in [-0.3, -0.25) is 4.79 Å². The van der Waals surface area contributed by atoms with Crippen LogP contribution in [0.25, 0.3) is 11.1 Å². The maximum absolute atomic E-state index is 12.9. The number of carbonyl (C=O) groups excluding carboxylic acids is 1. The summed E-state index contributed by atoms with van der Waals surface area (Å²) in [5.41, 5.74) is 0.413. The fourth-order valence-corrected chi connectivity index (χ4v) is 3.94. The first-order valence-corrected chi connectivity index (χ1v) is 9.96. The van der Waals surface area contributed by atoms with Crippen LogP contribution < -0.4 is 4.74 Å². The van der Waals surface area contributed by atoms with Crippen LogP contribution in [0.3, 0.4) is 0 Å². The maximum atomic E-state index is 12.9. The Morgan fingerprint density at radius 3 is 2.34 bits per heavy atom. The number of alkyl halides is 3. The van der Waals surface area contributed by atoms with Gasteiger partial charge in [0.1, 0.15) is 11.4 Å². The summed E-state index contributed by atoms with van der Waals surface area (Å²) in [4.78, 5) is 11.0. The molecule has 2 aliphatic carbocycles. The minimum absolute atomic E-state index is 0.355. The number of hydrogen-bond donors (Lipinski definition) is 0. The van der Waals surface area contributed by atoms with Crippen LogP contribution in [0.4, 0.5) is 13.2 Å². The van der Waals surface area contributed by atoms with E-state index in [4.69, 9.17) is 21.1 Å². The van der Waals surface area contributed by atoms with Crippen molar-refractivity contribution in [2.75, 3.05) is 6.61 Å². The third-order valence-electron chi connectivity index (χ3n) is 5.69. The van der Waals surface area contributed by atoms with Crippen LogP contribution in [0.2, 0.25) is 5.02 Å². The fourth-order valence-electron chi connectivity index (χ4n) is 3.62. The molecule has 3 nitrogen and oxygen atoms in total. The van der Waals surface area contributed by atoms with Crippen molar-refractivity contribution >= 4 is 18.1 Å². The number of hydrogen-bond acceptors (Lipinski definition) is 3. The van der Waals surface area contributed by atoms with Gasteiger partial charge in [0, 0.05) is 11.1 Å². The predicted octanol–water partition coefficient (Wildman–Crippen LogP) is 6.37. The molecule has 0 heterocycles. The van der Waals surface area contributed by atoms with Crippen LogP contribution in [-0.2, 0) is 21.3 Å². The Kier molecular flexibility index (Phi) is 5.23. The van der Waals surface area contributed by atoms with E-state index in [0.29, 0.717) is 53.7 Å². The van der Waals surface area contributed by atoms with E-state index >= 15 is 0 Å². The Bertz CT molecular complexity index is 901. The molecular weight excluding hydrogens is 405 g/mol. The molecule has 0 bridgehead atoms. The van der Waals surface area contributed by atoms with Gasteiger partial charge in [-0.2, -0.15) is 13.2 Å². The van der Waals surface area contributed by atoms with E-state index in [1.165, 1.54) is 12.1 Å². The molecule has 0 aromatic heterocycles. The van der Waals surface area contributed by atoms with Gasteiger partial charge in [0.05, 0.1) is 17.2 Å². The second-order valence-corrected chi connectivity index (χ2v) is 8.13. The SMILES string of the molecule is O=COC1(c2cc(Cl)c(-c3ccc(C(F)(F)F)cc3)c(OCC3CC3)c2)CCC1. The van der Waals surface area contributed by atoms with E-state index in [0.717, 1.165) is 37.0 Å². The Balaban J connectivity index is 1.74. The van der Waals surface area contributed by atoms with E-state index in [1.807, 2.05) is 6.07 Å². The largest absolute Gasteiger partial charge is 0.493 e. The molecule has 0 spiro atoms. The van der Waals surface area contributed by atoms with Gasteiger partial charge in [-0.25, -0.2) is 0 Å². The molecule has 0 radical (unpaired) electrons. The van der Waals surface area contributed by atoms with Crippen LogP contribution in [0.5, 0.6) is 5.75 Å². The molecule has 0 aliphatic heterocycles. The van der Waals surface area contributed by atoms with E-state index < -0.39 is 17.3 Å². The average molecular weight is 425 g/mol. The van der Waals surface area contributed by atoms with Crippen molar-refractivity contribution in [1.29, 1.82) is 0 Å². The topological polar surface area (TPSA) is 35.5 Å². The summed E-state index contributed by atoms with van der Waals surface area (Å²) in [5.74, 6) is 0.988. The van der Waals surface area contributed by atoms with Crippen molar-refractivity contribution < 1.29 is 27.4 Å². The standard InChI is InChI=1S/C22H20ClF3O3/c23-18-10-17(21(29-13-27)8-1-9-21)11-19(28-12-14-2-3-14)20(18)15-4-6-16(7-5-15)22(24,25)26/h4-7,10-11,13-14H,1-3,8-9,12H2. The number of rotatable bonds is 7. The van der Waals surface area contributed by atoms with Crippen molar-refractivity contribution in [1.82, 2.24) is 0 Å². The highest BCUT2D eigenvalue weighted by Crippen LogP contribution is 2.49. The highest BCUT2D eigenvalue weighted by molar-refractivity contribution is 6.33. The zero-order chi connectivity index (χ0) is 20.6. The zero-order valence-corrected chi connectivity index (χ0v) is 16.4. The second-order valence-electron chi connectivity index (χ2n) is 7.72. The summed E-state index contributed by atoms with van der Waals surface area (Å²) in [5, 5.41) is 0.355. The fraction of sp³-hybridized carbons (Fsp3) is 0.409. The summed E-state index contributed by atoms with van der Waals surface area (Å²) in [6.45, 7) is 0.969. The van der Waals surface area contributed by atoms with Crippen molar-refractivity contribution in [3.05, 3.63) is 52.5 Å². The normalized spacial score (nSPS) is 18.1. The van der Waals surface area contributed by atoms with Gasteiger partial charge in [-0.15, -0.1) is 0 Å². The minimum Gasteiger partial charge on any atom is -0.493 e. The molecule has 0 amide bonds. The molecule has 2 saturated carbocycles. The lowest BCUT2D eigenvalue weighted by Crippen LogP contribution is -2.36. The number of ether oxygens (including phenoxy) is 2. The second kappa shape index (κ2) is 7.56. The van der Waals surface area contributed by atoms with Crippen LogP contribution in [0, 0.1) is 5.92 Å². The van der Waals surface area contributed by atoms with Gasteiger partial charge in [-0.1, -0.05) is 23.7 Å². The van der Waals surface area contributed by atoms with E-state index in [2.05, 4.69) is 0 Å². The van der Waals surface area contributed by atoms with E-state index in [9.17, 15) is 18.0 Å². The van der Waals surface area contributed by atoms with Crippen molar-refractivity contribution in [2.24, 2.45) is 5.92 Å². The lowest BCUT2D eigenvalue weighted by atomic mass is 9.74. The predicted molar refractivity (Wildman–Crippen MR) is 103 cm³/mol. The third kappa shape index (κ3) is 4.08. The molecule has 2 aromatic rings. The van der Waals surface area contributed by atoms with Gasteiger partial charge < -0.3 is 9.47 Å². The molecule has 154 valence electrons. The molecule has 4 rings (SSSR count). The van der Waals surface area contributed by atoms with Crippen LogP contribution in [0.15, 0.2) is 36.4 Å². The van der Waals surface area contributed by atoms with Gasteiger partial charge in [0.2, 0.25) is 0 Å². The number of carbonyl (C=O) groups is 1. The molecule has 0 unspecified atom stereocenters. The average Bonchev–Trinajstić information content (AvgIpc) is 3.46. The summed E-state index contributed by atoms with van der Waals surface area (Å²) in [7, 11) is 0. The quantitative estimate of drug-likeness (QED) is 0.485. The smallest absolute Gasteiger partial charge is 0.416 e. The van der Waals surface area contributed by atoms with Gasteiger partial charge in [0.15, 0.2) is 0 Å². The molecule has 29 heavy (non-hydrogen) atoms. The Morgan fingerprint density at radius 1 is 1.14 bits per heavy atom. The lowest BCUT2D eigenvalue weighted by molar-refractivity contribution is -0.155. The highest BCUT2D eigenvalue weighted by atomic mass is 35.5. The molecule has 7 heteroatoms.